The molecule has 23 heavy (non-hydrogen) atoms. The molecule has 1 fully saturated rings. The number of fused-ring (bicyclic) bond motifs is 1. The molecule has 0 bridgehead atoms. The molecule has 2 aliphatic rings. The van der Waals surface area contributed by atoms with Gasteiger partial charge in [0.25, 0.3) is 5.91 Å². The highest BCUT2D eigenvalue weighted by Gasteiger charge is 2.29. The molecule has 2 amide bonds. The van der Waals surface area contributed by atoms with E-state index in [4.69, 9.17) is 4.74 Å². The van der Waals surface area contributed by atoms with Crippen molar-refractivity contribution in [3.8, 4) is 0 Å². The number of nitrogens with zero attached hydrogens (tertiary/aromatic N) is 1. The third-order valence-corrected chi connectivity index (χ3v) is 5.16. The second-order valence-corrected chi connectivity index (χ2v) is 6.69. The number of amides is 2. The van der Waals surface area contributed by atoms with Crippen molar-refractivity contribution in [2.75, 3.05) is 32.0 Å². The summed E-state index contributed by atoms with van der Waals surface area (Å²) in [6.07, 6.45) is 0.937. The number of hydrogen-bond donors (Lipinski definition) is 1. The Morgan fingerprint density at radius 1 is 1.35 bits per heavy atom. The van der Waals surface area contributed by atoms with Crippen LogP contribution >= 0.6 is 11.8 Å². The molecule has 122 valence electrons. The van der Waals surface area contributed by atoms with Gasteiger partial charge in [-0.05, 0) is 23.3 Å². The first-order valence-electron chi connectivity index (χ1n) is 7.55. The Labute approximate surface area is 138 Å². The Hall–Kier alpha value is -2.02. The molecule has 0 unspecified atom stereocenters. The zero-order chi connectivity index (χ0) is 16.2. The summed E-state index contributed by atoms with van der Waals surface area (Å²) in [5.74, 6) is -0.0521. The number of aryl methyl sites for hydroxylation is 1. The van der Waals surface area contributed by atoms with E-state index in [0.29, 0.717) is 13.1 Å². The third kappa shape index (κ3) is 3.67. The van der Waals surface area contributed by atoms with Crippen LogP contribution < -0.4 is 5.32 Å². The van der Waals surface area contributed by atoms with E-state index in [1.165, 1.54) is 16.7 Å². The van der Waals surface area contributed by atoms with Gasteiger partial charge in [0.05, 0.1) is 6.54 Å². The summed E-state index contributed by atoms with van der Waals surface area (Å²) in [6, 6.07) is 7.82. The SMILES string of the molecule is O=C1CN(C(=O)COC(=O)[C@H]2SCCc3ccccc32)CCN1. The summed E-state index contributed by atoms with van der Waals surface area (Å²) in [5.41, 5.74) is 2.13. The summed E-state index contributed by atoms with van der Waals surface area (Å²) >= 11 is 1.54. The Morgan fingerprint density at radius 2 is 2.17 bits per heavy atom. The van der Waals surface area contributed by atoms with Crippen molar-refractivity contribution in [2.24, 2.45) is 0 Å². The topological polar surface area (TPSA) is 75.7 Å². The van der Waals surface area contributed by atoms with Gasteiger partial charge in [-0.15, -0.1) is 11.8 Å². The highest BCUT2D eigenvalue weighted by molar-refractivity contribution is 8.00. The minimum absolute atomic E-state index is 0.0252. The predicted molar refractivity (Wildman–Crippen MR) is 85.9 cm³/mol. The van der Waals surface area contributed by atoms with Crippen molar-refractivity contribution in [1.29, 1.82) is 0 Å². The summed E-state index contributed by atoms with van der Waals surface area (Å²) in [7, 11) is 0. The molecule has 0 spiro atoms. The second kappa shape index (κ2) is 7.04. The number of thioether (sulfide) groups is 1. The summed E-state index contributed by atoms with van der Waals surface area (Å²) in [4.78, 5) is 37.1. The van der Waals surface area contributed by atoms with Gasteiger partial charge in [0.15, 0.2) is 6.61 Å². The standard InChI is InChI=1S/C16H18N2O4S/c19-13-9-18(7-6-17-13)14(20)10-22-16(21)15-12-4-2-1-3-11(12)5-8-23-15/h1-4,15H,5-10H2,(H,17,19)/t15-/m0/s1. The average molecular weight is 334 g/mol. The molecule has 2 aliphatic heterocycles. The van der Waals surface area contributed by atoms with Gasteiger partial charge in [-0.1, -0.05) is 24.3 Å². The lowest BCUT2D eigenvalue weighted by Gasteiger charge is -2.27. The quantitative estimate of drug-likeness (QED) is 0.816. The van der Waals surface area contributed by atoms with E-state index < -0.39 is 5.97 Å². The van der Waals surface area contributed by atoms with Gasteiger partial charge in [0.1, 0.15) is 5.25 Å². The van der Waals surface area contributed by atoms with Crippen molar-refractivity contribution in [3.63, 3.8) is 0 Å². The number of hydrogen-bond acceptors (Lipinski definition) is 5. The number of carbonyl (C=O) groups is 3. The number of nitrogens with one attached hydrogen (secondary N) is 1. The number of esters is 1. The summed E-state index contributed by atoms with van der Waals surface area (Å²) in [6.45, 7) is 0.593. The van der Waals surface area contributed by atoms with Gasteiger partial charge >= 0.3 is 5.97 Å². The molecule has 0 aromatic heterocycles. The molecule has 1 aromatic rings. The Morgan fingerprint density at radius 3 is 3.00 bits per heavy atom. The smallest absolute Gasteiger partial charge is 0.324 e. The molecular weight excluding hydrogens is 316 g/mol. The van der Waals surface area contributed by atoms with Crippen LogP contribution in [0.4, 0.5) is 0 Å². The Bertz CT molecular complexity index is 634. The van der Waals surface area contributed by atoms with Crippen molar-refractivity contribution in [2.45, 2.75) is 11.7 Å². The van der Waals surface area contributed by atoms with Crippen LogP contribution in [0.5, 0.6) is 0 Å². The summed E-state index contributed by atoms with van der Waals surface area (Å²) < 4.78 is 5.21. The van der Waals surface area contributed by atoms with Crippen LogP contribution in [0, 0.1) is 0 Å². The molecule has 0 saturated carbocycles. The highest BCUT2D eigenvalue weighted by Crippen LogP contribution is 2.37. The molecule has 2 heterocycles. The van der Waals surface area contributed by atoms with Gasteiger partial charge in [-0.25, -0.2) is 0 Å². The monoisotopic (exact) mass is 334 g/mol. The van der Waals surface area contributed by atoms with E-state index >= 15 is 0 Å². The van der Waals surface area contributed by atoms with E-state index in [9.17, 15) is 14.4 Å². The largest absolute Gasteiger partial charge is 0.454 e. The van der Waals surface area contributed by atoms with Crippen molar-refractivity contribution in [1.82, 2.24) is 10.2 Å². The molecular formula is C16H18N2O4S. The molecule has 1 N–H and O–H groups in total. The maximum Gasteiger partial charge on any atom is 0.324 e. The van der Waals surface area contributed by atoms with Gasteiger partial charge in [0.2, 0.25) is 5.91 Å². The molecule has 1 atom stereocenters. The number of piperazine rings is 1. The number of carbonyl (C=O) groups excluding carboxylic acids is 3. The minimum Gasteiger partial charge on any atom is -0.454 e. The zero-order valence-corrected chi connectivity index (χ0v) is 13.4. The first-order valence-corrected chi connectivity index (χ1v) is 8.60. The normalized spacial score (nSPS) is 20.4. The molecule has 7 heteroatoms. The van der Waals surface area contributed by atoms with Gasteiger partial charge < -0.3 is 15.0 Å². The van der Waals surface area contributed by atoms with Crippen LogP contribution in [-0.4, -0.2) is 54.7 Å². The maximum absolute atomic E-state index is 12.3. The van der Waals surface area contributed by atoms with Crippen molar-refractivity contribution < 1.29 is 19.1 Å². The fourth-order valence-electron chi connectivity index (χ4n) is 2.74. The van der Waals surface area contributed by atoms with Crippen LogP contribution in [0.25, 0.3) is 0 Å². The average Bonchev–Trinajstić information content (AvgIpc) is 2.59. The maximum atomic E-state index is 12.3. The predicted octanol–water partition coefficient (Wildman–Crippen LogP) is 0.519. The van der Waals surface area contributed by atoms with Crippen LogP contribution in [-0.2, 0) is 25.5 Å². The van der Waals surface area contributed by atoms with Crippen molar-refractivity contribution >= 4 is 29.5 Å². The van der Waals surface area contributed by atoms with E-state index in [2.05, 4.69) is 5.32 Å². The van der Waals surface area contributed by atoms with Gasteiger partial charge in [0, 0.05) is 13.1 Å². The number of ether oxygens (including phenoxy) is 1. The second-order valence-electron chi connectivity index (χ2n) is 5.47. The van der Waals surface area contributed by atoms with Crippen LogP contribution in [0.2, 0.25) is 0 Å². The third-order valence-electron chi connectivity index (χ3n) is 3.94. The van der Waals surface area contributed by atoms with Gasteiger partial charge in [-0.3, -0.25) is 14.4 Å². The zero-order valence-electron chi connectivity index (χ0n) is 12.6. The van der Waals surface area contributed by atoms with Crippen LogP contribution in [0.1, 0.15) is 16.4 Å². The Balaban J connectivity index is 1.58. The van der Waals surface area contributed by atoms with E-state index in [1.54, 1.807) is 0 Å². The first-order chi connectivity index (χ1) is 11.1. The minimum atomic E-state index is -0.392. The van der Waals surface area contributed by atoms with Crippen LogP contribution in [0.15, 0.2) is 24.3 Å². The fraction of sp³-hybridized carbons (Fsp3) is 0.438. The lowest BCUT2D eigenvalue weighted by atomic mass is 10.0. The molecule has 1 saturated heterocycles. The lowest BCUT2D eigenvalue weighted by Crippen LogP contribution is -2.51. The molecule has 6 nitrogen and oxygen atoms in total. The highest BCUT2D eigenvalue weighted by atomic mass is 32.2. The number of rotatable bonds is 3. The molecule has 3 rings (SSSR count). The first kappa shape index (κ1) is 15.9. The van der Waals surface area contributed by atoms with E-state index in [-0.39, 0.29) is 30.2 Å². The van der Waals surface area contributed by atoms with E-state index in [0.717, 1.165) is 23.3 Å². The van der Waals surface area contributed by atoms with Crippen LogP contribution in [0.3, 0.4) is 0 Å². The lowest BCUT2D eigenvalue weighted by molar-refractivity contribution is -0.152. The van der Waals surface area contributed by atoms with E-state index in [1.807, 2.05) is 24.3 Å². The molecule has 0 radical (unpaired) electrons. The molecule has 1 aromatic carbocycles. The summed E-state index contributed by atoms with van der Waals surface area (Å²) in [5, 5.41) is 2.27. The Kier molecular flexibility index (Phi) is 4.85. The van der Waals surface area contributed by atoms with Crippen molar-refractivity contribution in [3.05, 3.63) is 35.4 Å². The fourth-order valence-corrected chi connectivity index (χ4v) is 3.93. The van der Waals surface area contributed by atoms with Gasteiger partial charge in [-0.2, -0.15) is 0 Å². The number of benzene rings is 1. The molecule has 0 aliphatic carbocycles.